The van der Waals surface area contributed by atoms with E-state index in [1.807, 2.05) is 31.2 Å². The molecule has 2 aromatic rings. The van der Waals surface area contributed by atoms with Gasteiger partial charge in [0.05, 0.1) is 17.4 Å². The number of Topliss-reactive ketones (excluding diaryl/α,β-unsaturated/α-hetero) is 1. The predicted octanol–water partition coefficient (Wildman–Crippen LogP) is 4.54. The molecular formula is C22H26FNO3S. The van der Waals surface area contributed by atoms with Gasteiger partial charge >= 0.3 is 0 Å². The molecule has 4 nitrogen and oxygen atoms in total. The highest BCUT2D eigenvalue weighted by molar-refractivity contribution is 7.90. The Hall–Kier alpha value is -2.05. The number of hydrogen-bond donors (Lipinski definition) is 1. The Kier molecular flexibility index (Phi) is 6.30. The van der Waals surface area contributed by atoms with Crippen LogP contribution in [-0.2, 0) is 10.0 Å². The summed E-state index contributed by atoms with van der Waals surface area (Å²) in [5.74, 6) is -1.16. The number of nitrogens with one attached hydrogen (secondary N) is 1. The van der Waals surface area contributed by atoms with E-state index >= 15 is 0 Å². The molecule has 0 atom stereocenters. The summed E-state index contributed by atoms with van der Waals surface area (Å²) >= 11 is 0. The second-order valence-electron chi connectivity index (χ2n) is 7.57. The zero-order valence-corrected chi connectivity index (χ0v) is 17.1. The van der Waals surface area contributed by atoms with Crippen LogP contribution in [0, 0.1) is 19.7 Å². The predicted molar refractivity (Wildman–Crippen MR) is 109 cm³/mol. The molecule has 0 saturated heterocycles. The maximum atomic E-state index is 14.6. The van der Waals surface area contributed by atoms with Gasteiger partial charge in [-0.05, 0) is 55.5 Å². The van der Waals surface area contributed by atoms with E-state index in [0.29, 0.717) is 18.4 Å². The third kappa shape index (κ3) is 4.67. The van der Waals surface area contributed by atoms with Gasteiger partial charge in [-0.25, -0.2) is 17.5 Å². The maximum absolute atomic E-state index is 14.6. The van der Waals surface area contributed by atoms with Crippen LogP contribution in [0.25, 0.3) is 11.1 Å². The van der Waals surface area contributed by atoms with Crippen LogP contribution in [0.2, 0.25) is 0 Å². The molecule has 1 aliphatic carbocycles. The molecule has 1 fully saturated rings. The summed E-state index contributed by atoms with van der Waals surface area (Å²) in [4.78, 5) is 12.6. The van der Waals surface area contributed by atoms with Crippen LogP contribution in [0.4, 0.5) is 4.39 Å². The lowest BCUT2D eigenvalue weighted by atomic mass is 9.97. The van der Waals surface area contributed by atoms with Gasteiger partial charge < -0.3 is 0 Å². The Balaban J connectivity index is 1.81. The minimum Gasteiger partial charge on any atom is -0.293 e. The lowest BCUT2D eigenvalue weighted by Crippen LogP contribution is -2.38. The van der Waals surface area contributed by atoms with Crippen molar-refractivity contribution in [1.29, 1.82) is 0 Å². The number of ketones is 1. The summed E-state index contributed by atoms with van der Waals surface area (Å²) in [6.07, 6.45) is 4.03. The van der Waals surface area contributed by atoms with Gasteiger partial charge in [-0.1, -0.05) is 49.1 Å². The SMILES string of the molecule is Cc1cccc(-c2cc(C)c(F)c(C(=O)CNS(=O)(=O)C3CCCCC3)c2)c1. The molecule has 0 amide bonds. The first kappa shape index (κ1) is 20.7. The van der Waals surface area contributed by atoms with Crippen LogP contribution in [0.15, 0.2) is 36.4 Å². The van der Waals surface area contributed by atoms with Crippen LogP contribution >= 0.6 is 0 Å². The van der Waals surface area contributed by atoms with E-state index in [9.17, 15) is 17.6 Å². The maximum Gasteiger partial charge on any atom is 0.214 e. The zero-order chi connectivity index (χ0) is 20.3. The summed E-state index contributed by atoms with van der Waals surface area (Å²) in [6, 6.07) is 10.9. The van der Waals surface area contributed by atoms with E-state index in [2.05, 4.69) is 4.72 Å². The third-order valence-corrected chi connectivity index (χ3v) is 7.23. The highest BCUT2D eigenvalue weighted by atomic mass is 32.2. The number of aryl methyl sites for hydroxylation is 2. The number of halogens is 1. The summed E-state index contributed by atoms with van der Waals surface area (Å²) in [7, 11) is -3.57. The first-order valence-corrected chi connectivity index (χ1v) is 11.2. The van der Waals surface area contributed by atoms with Gasteiger partial charge in [0, 0.05) is 0 Å². The lowest BCUT2D eigenvalue weighted by Gasteiger charge is -2.21. The molecule has 6 heteroatoms. The molecule has 0 aliphatic heterocycles. The summed E-state index contributed by atoms with van der Waals surface area (Å²) in [5, 5.41) is -0.459. The highest BCUT2D eigenvalue weighted by Crippen LogP contribution is 2.26. The van der Waals surface area contributed by atoms with Crippen molar-refractivity contribution >= 4 is 15.8 Å². The minimum atomic E-state index is -3.57. The standard InChI is InChI=1S/C22H26FNO3S/c1-15-7-6-8-17(11-15)18-12-16(2)22(23)20(13-18)21(25)14-24-28(26,27)19-9-4-3-5-10-19/h6-8,11-13,19,24H,3-5,9-10,14H2,1-2H3. The van der Waals surface area contributed by atoms with Crippen molar-refractivity contribution in [1.82, 2.24) is 4.72 Å². The van der Waals surface area contributed by atoms with Crippen molar-refractivity contribution in [2.75, 3.05) is 6.54 Å². The Labute approximate surface area is 166 Å². The summed E-state index contributed by atoms with van der Waals surface area (Å²) < 4.78 is 41.9. The average molecular weight is 404 g/mol. The molecule has 0 heterocycles. The second-order valence-corrected chi connectivity index (χ2v) is 9.62. The van der Waals surface area contributed by atoms with Gasteiger partial charge in [-0.2, -0.15) is 0 Å². The molecule has 0 aromatic heterocycles. The van der Waals surface area contributed by atoms with Crippen molar-refractivity contribution in [3.05, 3.63) is 58.9 Å². The Morgan fingerprint density at radius 3 is 2.46 bits per heavy atom. The quantitative estimate of drug-likeness (QED) is 0.720. The fraction of sp³-hybridized carbons (Fsp3) is 0.409. The van der Waals surface area contributed by atoms with Crippen molar-refractivity contribution in [2.45, 2.75) is 51.2 Å². The number of benzene rings is 2. The first-order chi connectivity index (χ1) is 13.3. The molecular weight excluding hydrogens is 377 g/mol. The number of carbonyl (C=O) groups is 1. The minimum absolute atomic E-state index is 0.0807. The van der Waals surface area contributed by atoms with E-state index in [1.165, 1.54) is 6.07 Å². The second kappa shape index (κ2) is 8.53. The Bertz CT molecular complexity index is 979. The number of rotatable bonds is 6. The van der Waals surface area contributed by atoms with Crippen molar-refractivity contribution < 1.29 is 17.6 Å². The van der Waals surface area contributed by atoms with Gasteiger partial charge in [-0.3, -0.25) is 4.79 Å². The smallest absolute Gasteiger partial charge is 0.214 e. The summed E-state index contributed by atoms with van der Waals surface area (Å²) in [6.45, 7) is 3.15. The topological polar surface area (TPSA) is 63.2 Å². The molecule has 2 aromatic carbocycles. The average Bonchev–Trinajstić information content (AvgIpc) is 2.69. The molecule has 28 heavy (non-hydrogen) atoms. The molecule has 150 valence electrons. The van der Waals surface area contributed by atoms with Crippen LogP contribution < -0.4 is 4.72 Å². The van der Waals surface area contributed by atoms with E-state index in [-0.39, 0.29) is 5.56 Å². The molecule has 0 unspecified atom stereocenters. The third-order valence-electron chi connectivity index (χ3n) is 5.33. The first-order valence-electron chi connectivity index (χ1n) is 9.67. The van der Waals surface area contributed by atoms with Crippen molar-refractivity contribution in [3.8, 4) is 11.1 Å². The monoisotopic (exact) mass is 403 g/mol. The Morgan fingerprint density at radius 1 is 1.07 bits per heavy atom. The molecule has 0 spiro atoms. The largest absolute Gasteiger partial charge is 0.293 e. The van der Waals surface area contributed by atoms with Gasteiger partial charge in [0.2, 0.25) is 10.0 Å². The van der Waals surface area contributed by atoms with Gasteiger partial charge in [0.25, 0.3) is 0 Å². The van der Waals surface area contributed by atoms with Crippen LogP contribution in [0.5, 0.6) is 0 Å². The van der Waals surface area contributed by atoms with Gasteiger partial charge in [0.15, 0.2) is 5.78 Å². The highest BCUT2D eigenvalue weighted by Gasteiger charge is 2.28. The van der Waals surface area contributed by atoms with Gasteiger partial charge in [0.1, 0.15) is 5.82 Å². The molecule has 1 N–H and O–H groups in total. The molecule has 1 aliphatic rings. The van der Waals surface area contributed by atoms with E-state index in [4.69, 9.17) is 0 Å². The number of carbonyl (C=O) groups excluding carboxylic acids is 1. The fourth-order valence-corrected chi connectivity index (χ4v) is 5.24. The van der Waals surface area contributed by atoms with E-state index < -0.39 is 33.4 Å². The van der Waals surface area contributed by atoms with Crippen LogP contribution in [0.3, 0.4) is 0 Å². The van der Waals surface area contributed by atoms with E-state index in [0.717, 1.165) is 36.0 Å². The van der Waals surface area contributed by atoms with Crippen molar-refractivity contribution in [2.24, 2.45) is 0 Å². The fourth-order valence-electron chi connectivity index (χ4n) is 3.72. The summed E-state index contributed by atoms with van der Waals surface area (Å²) in [5.41, 5.74) is 2.97. The normalized spacial score (nSPS) is 15.5. The Morgan fingerprint density at radius 2 is 1.79 bits per heavy atom. The molecule has 1 saturated carbocycles. The van der Waals surface area contributed by atoms with Crippen molar-refractivity contribution in [3.63, 3.8) is 0 Å². The van der Waals surface area contributed by atoms with E-state index in [1.54, 1.807) is 13.0 Å². The zero-order valence-electron chi connectivity index (χ0n) is 16.3. The molecule has 0 radical (unpaired) electrons. The molecule has 3 rings (SSSR count). The molecule has 0 bridgehead atoms. The van der Waals surface area contributed by atoms with Gasteiger partial charge in [-0.15, -0.1) is 0 Å². The lowest BCUT2D eigenvalue weighted by molar-refractivity contribution is 0.0993. The van der Waals surface area contributed by atoms with Crippen LogP contribution in [0.1, 0.15) is 53.6 Å². The number of hydrogen-bond acceptors (Lipinski definition) is 3. The number of sulfonamides is 1. The van der Waals surface area contributed by atoms with Crippen LogP contribution in [-0.4, -0.2) is 26.0 Å².